The van der Waals surface area contributed by atoms with E-state index in [1.165, 1.54) is 23.5 Å². The van der Waals surface area contributed by atoms with Crippen LogP contribution in [0, 0.1) is 18.1 Å². The van der Waals surface area contributed by atoms with Crippen molar-refractivity contribution >= 4 is 23.0 Å². The summed E-state index contributed by atoms with van der Waals surface area (Å²) < 4.78 is 5.17. The summed E-state index contributed by atoms with van der Waals surface area (Å²) in [6, 6.07) is 11.0. The van der Waals surface area contributed by atoms with Crippen molar-refractivity contribution in [1.82, 2.24) is 9.80 Å². The Kier molecular flexibility index (Phi) is 10.5. The smallest absolute Gasteiger partial charge is 0.263 e. The van der Waals surface area contributed by atoms with Crippen LogP contribution in [-0.2, 0) is 9.78 Å². The number of ether oxygens (including phenoxy) is 1. The molecular formula is C25H30N2O8S. The number of carbonyl (C=O) groups excluding carboxylic acids is 2. The summed E-state index contributed by atoms with van der Waals surface area (Å²) >= 11 is 1.45. The van der Waals surface area contributed by atoms with Gasteiger partial charge in [0.05, 0.1) is 24.1 Å². The van der Waals surface area contributed by atoms with E-state index in [4.69, 9.17) is 15.3 Å². The number of hydrogen-bond donors (Lipinski definition) is 3. The third-order valence-corrected chi connectivity index (χ3v) is 7.30. The molecule has 11 heteroatoms. The molecule has 194 valence electrons. The van der Waals surface area contributed by atoms with Crippen molar-refractivity contribution in [1.29, 1.82) is 0 Å². The Balaban J connectivity index is 0.000000538. The van der Waals surface area contributed by atoms with Crippen molar-refractivity contribution in [3.8, 4) is 18.0 Å². The van der Waals surface area contributed by atoms with Gasteiger partial charge < -0.3 is 14.7 Å². The molecule has 0 aliphatic carbocycles. The lowest BCUT2D eigenvalue weighted by atomic mass is 9.87. The summed E-state index contributed by atoms with van der Waals surface area (Å²) in [7, 11) is 1.61. The minimum absolute atomic E-state index is 0.000711. The van der Waals surface area contributed by atoms with Gasteiger partial charge in [0.1, 0.15) is 5.75 Å². The van der Waals surface area contributed by atoms with E-state index in [1.807, 2.05) is 46.7 Å². The van der Waals surface area contributed by atoms with E-state index < -0.39 is 6.10 Å². The Morgan fingerprint density at radius 3 is 2.22 bits per heavy atom. The Bertz CT molecular complexity index is 1020. The fraction of sp³-hybridized carbons (Fsp3) is 0.440. The number of aliphatic hydroxyl groups excluding tert-OH is 1. The molecule has 2 aliphatic rings. The average molecular weight is 519 g/mol. The minimum Gasteiger partial charge on any atom is -0.497 e. The van der Waals surface area contributed by atoms with E-state index >= 15 is 0 Å². The number of thiophene rings is 1. The number of aliphatic hydroxyl groups is 1. The molecule has 2 fully saturated rings. The second kappa shape index (κ2) is 13.8. The van der Waals surface area contributed by atoms with E-state index in [0.717, 1.165) is 42.1 Å². The number of rotatable bonds is 5. The lowest BCUT2D eigenvalue weighted by Crippen LogP contribution is -2.58. The lowest BCUT2D eigenvalue weighted by Gasteiger charge is -2.44. The molecule has 0 radical (unpaired) electrons. The minimum atomic E-state index is -0.439. The van der Waals surface area contributed by atoms with Gasteiger partial charge in [-0.3, -0.25) is 24.3 Å². The van der Waals surface area contributed by atoms with Crippen molar-refractivity contribution in [2.45, 2.75) is 31.4 Å². The molecule has 1 aromatic heterocycles. The van der Waals surface area contributed by atoms with Gasteiger partial charge in [-0.05, 0) is 68.1 Å². The first-order valence-electron chi connectivity index (χ1n) is 11.5. The third kappa shape index (κ3) is 7.19. The molecule has 3 N–H and O–H groups in total. The van der Waals surface area contributed by atoms with E-state index in [1.54, 1.807) is 7.11 Å². The monoisotopic (exact) mass is 518 g/mol. The normalized spacial score (nSPS) is 20.3. The average Bonchev–Trinajstić information content (AvgIpc) is 3.47. The Morgan fingerprint density at radius 2 is 1.67 bits per heavy atom. The number of benzene rings is 1. The Morgan fingerprint density at radius 1 is 1.00 bits per heavy atom. The topological polar surface area (TPSA) is 129 Å². The zero-order valence-electron chi connectivity index (χ0n) is 19.9. The SMILES string of the molecule is COc1ccc(C(=O)C2CCN(C3CN(C(=O)c4cccs4)CCC3O)CC2)cc1.OOC#COO. The molecule has 2 unspecified atom stereocenters. The van der Waals surface area contributed by atoms with Crippen molar-refractivity contribution in [2.24, 2.45) is 5.92 Å². The number of likely N-dealkylation sites (tertiary alicyclic amines) is 2. The Hall–Kier alpha value is -3.14. The van der Waals surface area contributed by atoms with Gasteiger partial charge in [-0.2, -0.15) is 10.5 Å². The van der Waals surface area contributed by atoms with E-state index in [9.17, 15) is 14.7 Å². The van der Waals surface area contributed by atoms with Crippen LogP contribution in [0.15, 0.2) is 41.8 Å². The highest BCUT2D eigenvalue weighted by Gasteiger charge is 2.37. The fourth-order valence-electron chi connectivity index (χ4n) is 4.54. The number of Topliss-reactive ketones (excluding diaryl/α,β-unsaturated/α-hetero) is 1. The molecule has 36 heavy (non-hydrogen) atoms. The molecule has 10 nitrogen and oxygen atoms in total. The van der Waals surface area contributed by atoms with Crippen LogP contribution in [0.4, 0.5) is 0 Å². The summed E-state index contributed by atoms with van der Waals surface area (Å²) in [6.45, 7) is 2.64. The zero-order chi connectivity index (χ0) is 25.9. The first kappa shape index (κ1) is 27.4. The highest BCUT2D eigenvalue weighted by Crippen LogP contribution is 2.27. The van der Waals surface area contributed by atoms with Gasteiger partial charge >= 0.3 is 0 Å². The van der Waals surface area contributed by atoms with Crippen molar-refractivity contribution < 1.29 is 39.7 Å². The van der Waals surface area contributed by atoms with Crippen LogP contribution >= 0.6 is 11.3 Å². The highest BCUT2D eigenvalue weighted by molar-refractivity contribution is 7.12. The van der Waals surface area contributed by atoms with Gasteiger partial charge in [0.25, 0.3) is 5.91 Å². The van der Waals surface area contributed by atoms with Gasteiger partial charge in [0.15, 0.2) is 5.78 Å². The summed E-state index contributed by atoms with van der Waals surface area (Å²) in [5, 5.41) is 27.2. The van der Waals surface area contributed by atoms with Crippen LogP contribution in [-0.4, -0.2) is 82.5 Å². The van der Waals surface area contributed by atoms with Crippen LogP contribution in [0.1, 0.15) is 39.3 Å². The molecule has 2 aromatic rings. The maximum Gasteiger partial charge on any atom is 0.263 e. The zero-order valence-corrected chi connectivity index (χ0v) is 20.7. The number of methoxy groups -OCH3 is 1. The van der Waals surface area contributed by atoms with Gasteiger partial charge in [-0.25, -0.2) is 0 Å². The standard InChI is InChI=1S/C23H28N2O4S.C2H2O4/c1-29-18-6-4-16(5-7-18)22(27)17-8-11-24(12-9-17)19-15-25(13-10-20(19)26)23(28)21-3-2-14-30-21;3-5-1-2-6-4/h2-7,14,17,19-20,26H,8-13,15H2,1H3;3-4H. The molecule has 2 saturated heterocycles. The molecule has 0 spiro atoms. The molecule has 3 heterocycles. The van der Waals surface area contributed by atoms with Gasteiger partial charge in [0, 0.05) is 24.6 Å². The summed E-state index contributed by atoms with van der Waals surface area (Å²) in [5.41, 5.74) is 0.722. The number of ketones is 1. The maximum absolute atomic E-state index is 12.9. The van der Waals surface area contributed by atoms with Gasteiger partial charge in [0.2, 0.25) is 12.2 Å². The molecule has 2 atom stereocenters. The number of amides is 1. The molecule has 4 rings (SSSR count). The largest absolute Gasteiger partial charge is 0.497 e. The van der Waals surface area contributed by atoms with E-state index in [-0.39, 0.29) is 23.7 Å². The van der Waals surface area contributed by atoms with Crippen molar-refractivity contribution in [3.63, 3.8) is 0 Å². The number of piperidine rings is 2. The number of carbonyl (C=O) groups is 2. The molecule has 0 bridgehead atoms. The summed E-state index contributed by atoms with van der Waals surface area (Å²) in [5.74, 6) is 0.969. The van der Waals surface area contributed by atoms with Crippen molar-refractivity contribution in [3.05, 3.63) is 52.2 Å². The molecule has 2 aliphatic heterocycles. The predicted octanol–water partition coefficient (Wildman–Crippen LogP) is 2.81. The molecule has 1 aromatic carbocycles. The Labute approximate surface area is 213 Å². The first-order chi connectivity index (χ1) is 17.5. The second-order valence-electron chi connectivity index (χ2n) is 8.44. The first-order valence-corrected chi connectivity index (χ1v) is 12.4. The van der Waals surface area contributed by atoms with Crippen LogP contribution < -0.4 is 4.74 Å². The fourth-order valence-corrected chi connectivity index (χ4v) is 5.23. The second-order valence-corrected chi connectivity index (χ2v) is 9.39. The number of nitrogens with zero attached hydrogens (tertiary/aromatic N) is 2. The third-order valence-electron chi connectivity index (χ3n) is 6.44. The van der Waals surface area contributed by atoms with Crippen LogP contribution in [0.5, 0.6) is 5.75 Å². The van der Waals surface area contributed by atoms with Gasteiger partial charge in [-0.1, -0.05) is 6.07 Å². The van der Waals surface area contributed by atoms with Crippen LogP contribution in [0.25, 0.3) is 0 Å². The lowest BCUT2D eigenvalue weighted by molar-refractivity contribution is -0.188. The van der Waals surface area contributed by atoms with Crippen LogP contribution in [0.3, 0.4) is 0 Å². The van der Waals surface area contributed by atoms with Crippen LogP contribution in [0.2, 0.25) is 0 Å². The highest BCUT2D eigenvalue weighted by atomic mass is 32.1. The quantitative estimate of drug-likeness (QED) is 0.237. The summed E-state index contributed by atoms with van der Waals surface area (Å²) in [6.07, 6.45) is 4.76. The molecule has 0 saturated carbocycles. The van der Waals surface area contributed by atoms with E-state index in [2.05, 4.69) is 14.7 Å². The predicted molar refractivity (Wildman–Crippen MR) is 131 cm³/mol. The number of hydrogen-bond acceptors (Lipinski definition) is 10. The molecular weight excluding hydrogens is 488 g/mol. The summed E-state index contributed by atoms with van der Waals surface area (Å²) in [4.78, 5) is 36.7. The van der Waals surface area contributed by atoms with Crippen molar-refractivity contribution in [2.75, 3.05) is 33.3 Å². The van der Waals surface area contributed by atoms with Gasteiger partial charge in [-0.15, -0.1) is 11.3 Å². The van der Waals surface area contributed by atoms with E-state index in [0.29, 0.717) is 19.5 Å². The maximum atomic E-state index is 12.9. The molecule has 1 amide bonds.